The van der Waals surface area contributed by atoms with Crippen molar-refractivity contribution in [3.63, 3.8) is 0 Å². The summed E-state index contributed by atoms with van der Waals surface area (Å²) in [5.74, 6) is -2.55. The summed E-state index contributed by atoms with van der Waals surface area (Å²) in [7, 11) is -7.60. The Balaban J connectivity index is 1.88. The molecule has 2 aliphatic rings. The number of anilines is 2. The Labute approximate surface area is 222 Å². The third-order valence-electron chi connectivity index (χ3n) is 6.45. The molecule has 2 aromatic rings. The van der Waals surface area contributed by atoms with Crippen LogP contribution < -0.4 is 15.8 Å². The molecule has 0 fully saturated rings. The zero-order valence-electron chi connectivity index (χ0n) is 21.3. The number of sulfonamides is 1. The zero-order valence-corrected chi connectivity index (χ0v) is 22.9. The van der Waals surface area contributed by atoms with E-state index in [1.54, 1.807) is 24.3 Å². The highest BCUT2D eigenvalue weighted by atomic mass is 32.3. The molecule has 1 aliphatic heterocycles. The third-order valence-corrected chi connectivity index (χ3v) is 8.42. The average molecular weight is 563 g/mol. The van der Waals surface area contributed by atoms with Gasteiger partial charge in [-0.05, 0) is 42.0 Å². The topological polar surface area (TPSA) is 191 Å². The van der Waals surface area contributed by atoms with E-state index in [9.17, 15) is 32.2 Å². The van der Waals surface area contributed by atoms with Crippen molar-refractivity contribution >= 4 is 55.5 Å². The Morgan fingerprint density at radius 1 is 1.18 bits per heavy atom. The number of nitrogens with two attached hydrogens (primary N) is 1. The number of aliphatic hydroxyl groups excluding tert-OH is 1. The highest BCUT2D eigenvalue weighted by Crippen LogP contribution is 2.57. The summed E-state index contributed by atoms with van der Waals surface area (Å²) in [4.78, 5) is 27.1. The first-order valence-corrected chi connectivity index (χ1v) is 15.0. The lowest BCUT2D eigenvalue weighted by Crippen LogP contribution is -2.53. The standard InChI is InChI=1S/C25H30N4O7S2/c1-24(2,3)11-12-25(23(26)32)16-8-6-5-7-15(16)20(30)19(21(25)31)22-27-17-10-9-14(28-37(4,33)34)13-18(17)38(35,36)29-22/h5-10,13,28,30,35-36H,11-12H2,1-4H3,(H2,26,32)(H,27,29)/t25-/m0/s1. The Kier molecular flexibility index (Phi) is 6.63. The monoisotopic (exact) mass is 562 g/mol. The van der Waals surface area contributed by atoms with Gasteiger partial charge in [-0.1, -0.05) is 55.8 Å². The fraction of sp³-hybridized carbons (Fsp3) is 0.320. The number of primary amides is 1. The highest BCUT2D eigenvalue weighted by molar-refractivity contribution is 8.23. The van der Waals surface area contributed by atoms with Gasteiger partial charge in [-0.25, -0.2) is 8.42 Å². The highest BCUT2D eigenvalue weighted by Gasteiger charge is 2.53. The second-order valence-corrected chi connectivity index (χ2v) is 14.0. The number of benzene rings is 2. The van der Waals surface area contributed by atoms with E-state index < -0.39 is 49.2 Å². The average Bonchev–Trinajstić information content (AvgIpc) is 2.77. The summed E-state index contributed by atoms with van der Waals surface area (Å²) in [5, 5.41) is 14.1. The van der Waals surface area contributed by atoms with E-state index in [1.165, 1.54) is 18.2 Å². The van der Waals surface area contributed by atoms with Gasteiger partial charge in [0.2, 0.25) is 15.9 Å². The number of ketones is 1. The van der Waals surface area contributed by atoms with E-state index in [-0.39, 0.29) is 45.1 Å². The number of rotatable bonds is 6. The third kappa shape index (κ3) is 4.89. The molecule has 11 nitrogen and oxygen atoms in total. The van der Waals surface area contributed by atoms with Gasteiger partial charge in [-0.3, -0.25) is 23.4 Å². The van der Waals surface area contributed by atoms with Gasteiger partial charge in [0.1, 0.15) is 21.6 Å². The van der Waals surface area contributed by atoms with E-state index in [1.807, 2.05) is 20.8 Å². The zero-order chi connectivity index (χ0) is 28.3. The van der Waals surface area contributed by atoms with Crippen molar-refractivity contribution in [2.45, 2.75) is 43.9 Å². The smallest absolute Gasteiger partial charge is 0.236 e. The van der Waals surface area contributed by atoms with Crippen LogP contribution in [0.1, 0.15) is 44.7 Å². The minimum atomic E-state index is -3.96. The minimum Gasteiger partial charge on any atom is -0.506 e. The maximum Gasteiger partial charge on any atom is 0.236 e. The van der Waals surface area contributed by atoms with Gasteiger partial charge in [-0.2, -0.15) is 0 Å². The molecular formula is C25H30N4O7S2. The van der Waals surface area contributed by atoms with E-state index in [4.69, 9.17) is 5.73 Å². The molecular weight excluding hydrogens is 532 g/mol. The first-order valence-electron chi connectivity index (χ1n) is 11.6. The number of Topliss-reactive ketones (excluding diaryl/α,β-unsaturated/α-hetero) is 1. The summed E-state index contributed by atoms with van der Waals surface area (Å²) < 4.78 is 51.2. The van der Waals surface area contributed by atoms with E-state index >= 15 is 0 Å². The number of hydrogen-bond acceptors (Lipinski definition) is 9. The number of carbonyl (C=O) groups is 2. The molecule has 1 amide bonds. The summed E-state index contributed by atoms with van der Waals surface area (Å²) in [6.07, 6.45) is 1.45. The van der Waals surface area contributed by atoms with Gasteiger partial charge in [0.15, 0.2) is 11.6 Å². The van der Waals surface area contributed by atoms with Crippen LogP contribution in [0.4, 0.5) is 11.4 Å². The van der Waals surface area contributed by atoms with Crippen molar-refractivity contribution in [3.05, 3.63) is 59.2 Å². The van der Waals surface area contributed by atoms with Crippen molar-refractivity contribution in [2.75, 3.05) is 16.3 Å². The Morgan fingerprint density at radius 2 is 1.84 bits per heavy atom. The molecule has 7 N–H and O–H groups in total. The molecule has 0 unspecified atom stereocenters. The van der Waals surface area contributed by atoms with E-state index in [0.29, 0.717) is 6.42 Å². The molecule has 0 saturated heterocycles. The maximum atomic E-state index is 14.1. The predicted octanol–water partition coefficient (Wildman–Crippen LogP) is 4.01. The van der Waals surface area contributed by atoms with Gasteiger partial charge in [-0.15, -0.1) is 4.40 Å². The molecule has 2 aromatic carbocycles. The molecule has 0 saturated carbocycles. The van der Waals surface area contributed by atoms with Crippen molar-refractivity contribution in [2.24, 2.45) is 15.5 Å². The lowest BCUT2D eigenvalue weighted by Gasteiger charge is -2.39. The number of fused-ring (bicyclic) bond motifs is 2. The summed E-state index contributed by atoms with van der Waals surface area (Å²) in [6, 6.07) is 10.4. The number of nitrogens with zero attached hydrogens (tertiary/aromatic N) is 1. The van der Waals surface area contributed by atoms with Gasteiger partial charge < -0.3 is 16.2 Å². The lowest BCUT2D eigenvalue weighted by molar-refractivity contribution is -0.133. The van der Waals surface area contributed by atoms with Crippen molar-refractivity contribution < 1.29 is 32.2 Å². The fourth-order valence-electron chi connectivity index (χ4n) is 4.60. The molecule has 0 bridgehead atoms. The van der Waals surface area contributed by atoms with Crippen LogP contribution in [0.3, 0.4) is 0 Å². The van der Waals surface area contributed by atoms with E-state index in [2.05, 4.69) is 14.4 Å². The molecule has 204 valence electrons. The molecule has 38 heavy (non-hydrogen) atoms. The number of carbonyl (C=O) groups excluding carboxylic acids is 2. The van der Waals surface area contributed by atoms with Crippen LogP contribution in [0, 0.1) is 5.41 Å². The molecule has 1 atom stereocenters. The molecule has 1 aliphatic carbocycles. The molecule has 0 aromatic heterocycles. The predicted molar refractivity (Wildman–Crippen MR) is 148 cm³/mol. The second-order valence-electron chi connectivity index (χ2n) is 10.6. The Bertz CT molecular complexity index is 1520. The molecule has 0 spiro atoms. The summed E-state index contributed by atoms with van der Waals surface area (Å²) in [5.41, 5.74) is 4.08. The number of hydrogen-bond donors (Lipinski definition) is 6. The fourth-order valence-corrected chi connectivity index (χ4v) is 6.35. The van der Waals surface area contributed by atoms with Crippen LogP contribution in [0.15, 0.2) is 57.3 Å². The summed E-state index contributed by atoms with van der Waals surface area (Å²) in [6.45, 7) is 5.88. The van der Waals surface area contributed by atoms with Gasteiger partial charge in [0.05, 0.1) is 17.6 Å². The van der Waals surface area contributed by atoms with Crippen molar-refractivity contribution in [3.8, 4) is 0 Å². The van der Waals surface area contributed by atoms with Gasteiger partial charge in [0, 0.05) is 5.56 Å². The first kappa shape index (κ1) is 27.6. The van der Waals surface area contributed by atoms with E-state index in [0.717, 1.165) is 6.26 Å². The lowest BCUT2D eigenvalue weighted by atomic mass is 9.64. The number of aliphatic hydroxyl groups is 1. The molecule has 4 rings (SSSR count). The SMILES string of the molecule is CC(C)(C)CC[C@@]1(C(N)=O)C(=O)C(C2=NS(O)(O)c3cc(NS(C)(=O)=O)ccc3N2)=C(O)c2ccccc21. The second kappa shape index (κ2) is 9.12. The molecule has 1 heterocycles. The summed E-state index contributed by atoms with van der Waals surface area (Å²) >= 11 is 0. The van der Waals surface area contributed by atoms with Gasteiger partial charge >= 0.3 is 0 Å². The number of amidine groups is 1. The molecule has 13 heteroatoms. The van der Waals surface area contributed by atoms with Crippen LogP contribution in [-0.4, -0.2) is 46.4 Å². The minimum absolute atomic E-state index is 0.0547. The van der Waals surface area contributed by atoms with Crippen LogP contribution in [0.2, 0.25) is 0 Å². The first-order chi connectivity index (χ1) is 17.5. The van der Waals surface area contributed by atoms with Gasteiger partial charge in [0.25, 0.3) is 0 Å². The van der Waals surface area contributed by atoms with Crippen LogP contribution in [-0.2, 0) is 25.0 Å². The normalized spacial score (nSPS) is 21.5. The van der Waals surface area contributed by atoms with Crippen LogP contribution in [0.5, 0.6) is 0 Å². The van der Waals surface area contributed by atoms with Crippen molar-refractivity contribution in [1.82, 2.24) is 0 Å². The number of amides is 1. The maximum absolute atomic E-state index is 14.1. The Hall–Kier alpha value is -3.39. The Morgan fingerprint density at radius 3 is 2.45 bits per heavy atom. The quantitative estimate of drug-likeness (QED) is 0.284. The largest absolute Gasteiger partial charge is 0.506 e. The van der Waals surface area contributed by atoms with Crippen LogP contribution in [0.25, 0.3) is 5.76 Å². The molecule has 0 radical (unpaired) electrons. The number of nitrogens with one attached hydrogen (secondary N) is 2. The van der Waals surface area contributed by atoms with Crippen LogP contribution >= 0.6 is 10.8 Å². The van der Waals surface area contributed by atoms with Crippen molar-refractivity contribution in [1.29, 1.82) is 0 Å².